The van der Waals surface area contributed by atoms with E-state index in [-0.39, 0.29) is 5.78 Å². The van der Waals surface area contributed by atoms with Crippen molar-refractivity contribution < 1.29 is 9.53 Å². The van der Waals surface area contributed by atoms with Crippen molar-refractivity contribution in [3.05, 3.63) is 58.9 Å². The lowest BCUT2D eigenvalue weighted by atomic mass is 10.1. The highest BCUT2D eigenvalue weighted by atomic mass is 35.5. The van der Waals surface area contributed by atoms with Crippen molar-refractivity contribution in [3.8, 4) is 5.75 Å². The number of hydrogen-bond acceptors (Lipinski definition) is 3. The van der Waals surface area contributed by atoms with Gasteiger partial charge in [0, 0.05) is 25.2 Å². The molecule has 20 heavy (non-hydrogen) atoms. The third-order valence-corrected chi connectivity index (χ3v) is 3.22. The number of halogens is 1. The molecule has 0 N–H and O–H groups in total. The first-order chi connectivity index (χ1) is 9.65. The van der Waals surface area contributed by atoms with E-state index < -0.39 is 0 Å². The van der Waals surface area contributed by atoms with Gasteiger partial charge in [-0.2, -0.15) is 0 Å². The summed E-state index contributed by atoms with van der Waals surface area (Å²) in [5.41, 5.74) is 1.94. The van der Waals surface area contributed by atoms with Gasteiger partial charge in [0.05, 0.1) is 11.6 Å². The summed E-state index contributed by atoms with van der Waals surface area (Å²) in [5.74, 6) is 0.894. The maximum atomic E-state index is 11.9. The zero-order valence-electron chi connectivity index (χ0n) is 11.3. The SMILES string of the molecule is Cc1cccc(OCCC(=O)Cc2ccncc2Cl)c1. The van der Waals surface area contributed by atoms with Crippen molar-refractivity contribution in [3.63, 3.8) is 0 Å². The molecule has 3 nitrogen and oxygen atoms in total. The van der Waals surface area contributed by atoms with Gasteiger partial charge in [0.15, 0.2) is 0 Å². The lowest BCUT2D eigenvalue weighted by Gasteiger charge is -2.07. The molecule has 0 bridgehead atoms. The molecule has 0 aliphatic carbocycles. The van der Waals surface area contributed by atoms with Crippen LogP contribution < -0.4 is 4.74 Å². The van der Waals surface area contributed by atoms with Crippen LogP contribution in [0, 0.1) is 6.92 Å². The number of hydrogen-bond donors (Lipinski definition) is 0. The Morgan fingerprint density at radius 1 is 1.35 bits per heavy atom. The molecule has 0 saturated heterocycles. The van der Waals surface area contributed by atoms with Crippen LogP contribution in [0.4, 0.5) is 0 Å². The summed E-state index contributed by atoms with van der Waals surface area (Å²) in [5, 5.41) is 0.528. The molecule has 4 heteroatoms. The smallest absolute Gasteiger partial charge is 0.140 e. The van der Waals surface area contributed by atoms with Gasteiger partial charge in [-0.25, -0.2) is 0 Å². The Kier molecular flexibility index (Phi) is 5.13. The van der Waals surface area contributed by atoms with Gasteiger partial charge in [0.2, 0.25) is 0 Å². The average Bonchev–Trinajstić information content (AvgIpc) is 2.41. The Hall–Kier alpha value is -1.87. The Morgan fingerprint density at radius 2 is 2.20 bits per heavy atom. The van der Waals surface area contributed by atoms with Crippen molar-refractivity contribution in [2.45, 2.75) is 19.8 Å². The van der Waals surface area contributed by atoms with Crippen LogP contribution in [0.25, 0.3) is 0 Å². The fourth-order valence-electron chi connectivity index (χ4n) is 1.84. The van der Waals surface area contributed by atoms with Crippen LogP contribution >= 0.6 is 11.6 Å². The third kappa shape index (κ3) is 4.35. The van der Waals surface area contributed by atoms with Crippen LogP contribution in [-0.4, -0.2) is 17.4 Å². The quantitative estimate of drug-likeness (QED) is 0.815. The van der Waals surface area contributed by atoms with E-state index in [1.165, 1.54) is 0 Å². The molecule has 1 heterocycles. The van der Waals surface area contributed by atoms with Crippen molar-refractivity contribution in [2.24, 2.45) is 0 Å². The normalized spacial score (nSPS) is 10.3. The molecule has 0 saturated carbocycles. The molecule has 104 valence electrons. The van der Waals surface area contributed by atoms with Gasteiger partial charge >= 0.3 is 0 Å². The van der Waals surface area contributed by atoms with E-state index >= 15 is 0 Å². The number of aryl methyl sites for hydroxylation is 1. The summed E-state index contributed by atoms with van der Waals surface area (Å²) in [7, 11) is 0. The minimum Gasteiger partial charge on any atom is -0.493 e. The highest BCUT2D eigenvalue weighted by molar-refractivity contribution is 6.31. The lowest BCUT2D eigenvalue weighted by Crippen LogP contribution is -2.09. The van der Waals surface area contributed by atoms with Crippen LogP contribution in [0.5, 0.6) is 5.75 Å². The number of ether oxygens (including phenoxy) is 1. The fraction of sp³-hybridized carbons (Fsp3) is 0.250. The van der Waals surface area contributed by atoms with Crippen molar-refractivity contribution >= 4 is 17.4 Å². The molecular weight excluding hydrogens is 274 g/mol. The first-order valence-corrected chi connectivity index (χ1v) is 6.82. The topological polar surface area (TPSA) is 39.2 Å². The summed E-state index contributed by atoms with van der Waals surface area (Å²) >= 11 is 5.97. The number of rotatable bonds is 6. The second kappa shape index (κ2) is 7.06. The maximum absolute atomic E-state index is 11.9. The summed E-state index contributed by atoms with van der Waals surface area (Å²) in [6.45, 7) is 2.38. The molecule has 0 aliphatic heterocycles. The fourth-order valence-corrected chi connectivity index (χ4v) is 2.02. The van der Waals surface area contributed by atoms with Crippen LogP contribution in [0.1, 0.15) is 17.5 Å². The number of aromatic nitrogens is 1. The first kappa shape index (κ1) is 14.5. The standard InChI is InChI=1S/C16H16ClNO2/c1-12-3-2-4-15(9-12)20-8-6-14(19)10-13-5-7-18-11-16(13)17/h2-5,7,9,11H,6,8,10H2,1H3. The molecule has 0 amide bonds. The summed E-state index contributed by atoms with van der Waals surface area (Å²) in [6.07, 6.45) is 3.87. The first-order valence-electron chi connectivity index (χ1n) is 6.45. The lowest BCUT2D eigenvalue weighted by molar-refractivity contribution is -0.118. The molecule has 2 aromatic rings. The van der Waals surface area contributed by atoms with E-state index in [1.807, 2.05) is 31.2 Å². The molecule has 1 aromatic carbocycles. The second-order valence-electron chi connectivity index (χ2n) is 4.60. The number of carbonyl (C=O) groups is 1. The Balaban J connectivity index is 1.80. The predicted octanol–water partition coefficient (Wildman–Crippen LogP) is 3.62. The molecule has 0 fully saturated rings. The zero-order valence-corrected chi connectivity index (χ0v) is 12.1. The van der Waals surface area contributed by atoms with Crippen molar-refractivity contribution in [1.29, 1.82) is 0 Å². The van der Waals surface area contributed by atoms with Crippen LogP contribution in [0.3, 0.4) is 0 Å². The molecule has 0 unspecified atom stereocenters. The number of nitrogens with zero attached hydrogens (tertiary/aromatic N) is 1. The highest BCUT2D eigenvalue weighted by Crippen LogP contribution is 2.15. The number of Topliss-reactive ketones (excluding diaryl/α,β-unsaturated/α-hetero) is 1. The Labute approximate surface area is 123 Å². The summed E-state index contributed by atoms with van der Waals surface area (Å²) < 4.78 is 5.56. The minimum absolute atomic E-state index is 0.103. The van der Waals surface area contributed by atoms with Gasteiger partial charge in [0.25, 0.3) is 0 Å². The van der Waals surface area contributed by atoms with Crippen LogP contribution in [0.2, 0.25) is 5.02 Å². The summed E-state index contributed by atoms with van der Waals surface area (Å²) in [6, 6.07) is 9.54. The Bertz CT molecular complexity index is 599. The van der Waals surface area contributed by atoms with Crippen LogP contribution in [-0.2, 0) is 11.2 Å². The average molecular weight is 290 g/mol. The maximum Gasteiger partial charge on any atom is 0.140 e. The second-order valence-corrected chi connectivity index (χ2v) is 5.00. The molecular formula is C16H16ClNO2. The number of pyridine rings is 1. The molecule has 0 radical (unpaired) electrons. The van der Waals surface area contributed by atoms with Gasteiger partial charge in [-0.1, -0.05) is 23.7 Å². The van der Waals surface area contributed by atoms with Crippen molar-refractivity contribution in [1.82, 2.24) is 4.98 Å². The predicted molar refractivity (Wildman–Crippen MR) is 79.2 cm³/mol. The van der Waals surface area contributed by atoms with Gasteiger partial charge in [-0.05, 0) is 36.2 Å². The number of benzene rings is 1. The number of carbonyl (C=O) groups excluding carboxylic acids is 1. The monoisotopic (exact) mass is 289 g/mol. The van der Waals surface area contributed by atoms with Crippen LogP contribution in [0.15, 0.2) is 42.7 Å². The molecule has 2 rings (SSSR count). The highest BCUT2D eigenvalue weighted by Gasteiger charge is 2.07. The van der Waals surface area contributed by atoms with E-state index in [9.17, 15) is 4.79 Å². The molecule has 0 spiro atoms. The largest absolute Gasteiger partial charge is 0.493 e. The van der Waals surface area contributed by atoms with E-state index in [4.69, 9.17) is 16.3 Å². The van der Waals surface area contributed by atoms with E-state index in [0.717, 1.165) is 16.9 Å². The van der Waals surface area contributed by atoms with Gasteiger partial charge in [0.1, 0.15) is 11.5 Å². The zero-order chi connectivity index (χ0) is 14.4. The van der Waals surface area contributed by atoms with E-state index in [2.05, 4.69) is 4.98 Å². The molecule has 0 atom stereocenters. The Morgan fingerprint density at radius 3 is 2.95 bits per heavy atom. The number of ketones is 1. The minimum atomic E-state index is 0.103. The van der Waals surface area contributed by atoms with Gasteiger partial charge < -0.3 is 4.74 Å². The summed E-state index contributed by atoms with van der Waals surface area (Å²) in [4.78, 5) is 15.8. The van der Waals surface area contributed by atoms with Gasteiger partial charge in [-0.15, -0.1) is 0 Å². The third-order valence-electron chi connectivity index (χ3n) is 2.88. The molecule has 0 aliphatic rings. The van der Waals surface area contributed by atoms with Gasteiger partial charge in [-0.3, -0.25) is 9.78 Å². The van der Waals surface area contributed by atoms with Crippen molar-refractivity contribution in [2.75, 3.05) is 6.61 Å². The van der Waals surface area contributed by atoms with E-state index in [1.54, 1.807) is 18.5 Å². The molecule has 1 aromatic heterocycles. The van der Waals surface area contributed by atoms with E-state index in [0.29, 0.717) is 24.5 Å².